The Morgan fingerprint density at radius 3 is 1.71 bits per heavy atom. The third kappa shape index (κ3) is 12.9. The molecule has 0 aromatic heterocycles. The van der Waals surface area contributed by atoms with Crippen LogP contribution >= 0.6 is 0 Å². The molecule has 0 aliphatic heterocycles. The standard InChI is InChI=1S/C16H18N2O2.2C2HF3O2/c17-15-7-6-13(16(19)20)10-14(15)11-18-9-8-12-4-2-1-3-5-12;2*3-2(4,5)1(6)7/h1-7,10,18H,8-9,11,17H2,(H,19,20);2*(H,6,7). The highest BCUT2D eigenvalue weighted by molar-refractivity contribution is 5.88. The third-order valence-corrected chi connectivity index (χ3v) is 3.62. The van der Waals surface area contributed by atoms with E-state index in [0.29, 0.717) is 12.2 Å². The molecule has 0 heterocycles. The molecule has 0 spiro atoms. The molecule has 2 aromatic carbocycles. The molecule has 0 atom stereocenters. The molecule has 0 saturated heterocycles. The van der Waals surface area contributed by atoms with Crippen LogP contribution in [0.4, 0.5) is 32.0 Å². The van der Waals surface area contributed by atoms with Gasteiger partial charge in [0, 0.05) is 12.2 Å². The molecular weight excluding hydrogens is 478 g/mol. The van der Waals surface area contributed by atoms with Crippen molar-refractivity contribution >= 4 is 23.6 Å². The van der Waals surface area contributed by atoms with Gasteiger partial charge in [0.1, 0.15) is 0 Å². The monoisotopic (exact) mass is 498 g/mol. The average Bonchev–Trinajstić information content (AvgIpc) is 2.72. The van der Waals surface area contributed by atoms with Crippen LogP contribution in [0.5, 0.6) is 0 Å². The quantitative estimate of drug-likeness (QED) is 0.231. The lowest BCUT2D eigenvalue weighted by Crippen LogP contribution is -2.21. The van der Waals surface area contributed by atoms with E-state index in [1.807, 2.05) is 18.2 Å². The number of hydrogen-bond donors (Lipinski definition) is 5. The second-order valence-electron chi connectivity index (χ2n) is 6.24. The fourth-order valence-corrected chi connectivity index (χ4v) is 1.99. The van der Waals surface area contributed by atoms with Crippen LogP contribution in [-0.4, -0.2) is 52.1 Å². The van der Waals surface area contributed by atoms with E-state index in [2.05, 4.69) is 17.4 Å². The van der Waals surface area contributed by atoms with Crippen molar-refractivity contribution in [2.45, 2.75) is 25.3 Å². The van der Waals surface area contributed by atoms with Gasteiger partial charge < -0.3 is 26.4 Å². The van der Waals surface area contributed by atoms with Gasteiger partial charge in [0.05, 0.1) is 5.56 Å². The molecule has 2 rings (SSSR count). The Bertz CT molecular complexity index is 925. The lowest BCUT2D eigenvalue weighted by atomic mass is 10.1. The highest BCUT2D eigenvalue weighted by Gasteiger charge is 2.38. The van der Waals surface area contributed by atoms with Gasteiger partial charge in [0.2, 0.25) is 0 Å². The van der Waals surface area contributed by atoms with Crippen LogP contribution in [0.3, 0.4) is 0 Å². The number of aliphatic carboxylic acids is 2. The lowest BCUT2D eigenvalue weighted by Gasteiger charge is -2.09. The van der Waals surface area contributed by atoms with Gasteiger partial charge >= 0.3 is 30.3 Å². The summed E-state index contributed by atoms with van der Waals surface area (Å²) in [5, 5.41) is 26.5. The summed E-state index contributed by atoms with van der Waals surface area (Å²) in [7, 11) is 0. The number of rotatable bonds is 6. The Labute approximate surface area is 188 Å². The van der Waals surface area contributed by atoms with Crippen molar-refractivity contribution in [2.24, 2.45) is 0 Å². The van der Waals surface area contributed by atoms with E-state index < -0.39 is 30.3 Å². The number of nitrogens with one attached hydrogen (secondary N) is 1. The Morgan fingerprint density at radius 2 is 1.29 bits per heavy atom. The van der Waals surface area contributed by atoms with Gasteiger partial charge in [-0.2, -0.15) is 26.3 Å². The van der Waals surface area contributed by atoms with Crippen LogP contribution < -0.4 is 11.1 Å². The van der Waals surface area contributed by atoms with Crippen LogP contribution in [-0.2, 0) is 22.6 Å². The van der Waals surface area contributed by atoms with Gasteiger partial charge in [-0.3, -0.25) is 0 Å². The second-order valence-corrected chi connectivity index (χ2v) is 6.24. The summed E-state index contributed by atoms with van der Waals surface area (Å²) in [5.74, 6) is -6.45. The van der Waals surface area contributed by atoms with Crippen LogP contribution in [0.2, 0.25) is 0 Å². The Morgan fingerprint density at radius 1 is 0.824 bits per heavy atom. The lowest BCUT2D eigenvalue weighted by molar-refractivity contribution is -0.193. The maximum Gasteiger partial charge on any atom is 0.490 e. The summed E-state index contributed by atoms with van der Waals surface area (Å²) < 4.78 is 63.5. The molecule has 0 saturated carbocycles. The van der Waals surface area contributed by atoms with Crippen LogP contribution in [0.15, 0.2) is 48.5 Å². The summed E-state index contributed by atoms with van der Waals surface area (Å²) in [4.78, 5) is 28.7. The van der Waals surface area contributed by atoms with E-state index >= 15 is 0 Å². The molecule has 0 aliphatic rings. The van der Waals surface area contributed by atoms with Crippen molar-refractivity contribution in [3.8, 4) is 0 Å². The first-order valence-corrected chi connectivity index (χ1v) is 9.02. The zero-order valence-electron chi connectivity index (χ0n) is 17.2. The van der Waals surface area contributed by atoms with Crippen molar-refractivity contribution < 1.29 is 56.0 Å². The zero-order valence-corrected chi connectivity index (χ0v) is 17.2. The molecule has 0 bridgehead atoms. The highest BCUT2D eigenvalue weighted by Crippen LogP contribution is 2.15. The smallest absolute Gasteiger partial charge is 0.478 e. The number of carbonyl (C=O) groups is 3. The fourth-order valence-electron chi connectivity index (χ4n) is 1.99. The minimum Gasteiger partial charge on any atom is -0.478 e. The van der Waals surface area contributed by atoms with E-state index in [9.17, 15) is 31.1 Å². The van der Waals surface area contributed by atoms with E-state index in [4.69, 9.17) is 30.6 Å². The van der Waals surface area contributed by atoms with Crippen molar-refractivity contribution in [2.75, 3.05) is 12.3 Å². The molecule has 0 aliphatic carbocycles. The number of alkyl halides is 6. The van der Waals surface area contributed by atoms with Gasteiger partial charge in [0.15, 0.2) is 0 Å². The summed E-state index contributed by atoms with van der Waals surface area (Å²) in [6, 6.07) is 15.0. The number of halogens is 6. The molecule has 0 fully saturated rings. The van der Waals surface area contributed by atoms with Gasteiger partial charge in [-0.25, -0.2) is 14.4 Å². The van der Waals surface area contributed by atoms with Gasteiger partial charge in [-0.05, 0) is 42.3 Å². The molecule has 8 nitrogen and oxygen atoms in total. The Hall–Kier alpha value is -3.81. The van der Waals surface area contributed by atoms with Crippen molar-refractivity contribution in [1.82, 2.24) is 5.32 Å². The molecule has 0 radical (unpaired) electrons. The van der Waals surface area contributed by atoms with E-state index in [1.54, 1.807) is 12.1 Å². The van der Waals surface area contributed by atoms with E-state index in [-0.39, 0.29) is 5.56 Å². The van der Waals surface area contributed by atoms with Crippen molar-refractivity contribution in [3.05, 3.63) is 65.2 Å². The molecule has 6 N–H and O–H groups in total. The highest BCUT2D eigenvalue weighted by atomic mass is 19.4. The number of carboxylic acid groups (broad SMARTS) is 3. The Kier molecular flexibility index (Phi) is 12.1. The maximum atomic E-state index is 10.9. The number of benzene rings is 2. The number of nitrogen functional groups attached to an aromatic ring is 1. The molecule has 14 heteroatoms. The van der Waals surface area contributed by atoms with Gasteiger partial charge in [-0.1, -0.05) is 30.3 Å². The zero-order chi connectivity index (χ0) is 26.5. The number of hydrogen-bond acceptors (Lipinski definition) is 5. The van der Waals surface area contributed by atoms with E-state index in [0.717, 1.165) is 18.5 Å². The average molecular weight is 498 g/mol. The molecule has 0 amide bonds. The van der Waals surface area contributed by atoms with Gasteiger partial charge in [-0.15, -0.1) is 0 Å². The molecule has 2 aromatic rings. The maximum absolute atomic E-state index is 10.9. The van der Waals surface area contributed by atoms with Crippen LogP contribution in [0.25, 0.3) is 0 Å². The number of nitrogens with two attached hydrogens (primary N) is 1. The molecular formula is C20H20F6N2O6. The summed E-state index contributed by atoms with van der Waals surface area (Å²) >= 11 is 0. The second kappa shape index (κ2) is 13.7. The molecule has 0 unspecified atom stereocenters. The van der Waals surface area contributed by atoms with Crippen LogP contribution in [0.1, 0.15) is 21.5 Å². The number of anilines is 1. The minimum atomic E-state index is -5.08. The third-order valence-electron chi connectivity index (χ3n) is 3.62. The Balaban J connectivity index is 0.000000642. The predicted octanol–water partition coefficient (Wildman–Crippen LogP) is 3.57. The normalized spacial score (nSPS) is 10.8. The van der Waals surface area contributed by atoms with E-state index in [1.165, 1.54) is 11.6 Å². The summed E-state index contributed by atoms with van der Waals surface area (Å²) in [6.07, 6.45) is -9.24. The molecule has 188 valence electrons. The first-order chi connectivity index (χ1) is 15.6. The van der Waals surface area contributed by atoms with Gasteiger partial charge in [0.25, 0.3) is 0 Å². The first kappa shape index (κ1) is 30.2. The van der Waals surface area contributed by atoms with Crippen molar-refractivity contribution in [3.63, 3.8) is 0 Å². The number of aromatic carboxylic acids is 1. The summed E-state index contributed by atoms with van der Waals surface area (Å²) in [6.45, 7) is 1.39. The molecule has 34 heavy (non-hydrogen) atoms. The summed E-state index contributed by atoms with van der Waals surface area (Å²) in [5.41, 5.74) is 8.81. The SMILES string of the molecule is Nc1ccc(C(=O)O)cc1CNCCc1ccccc1.O=C(O)C(F)(F)F.O=C(O)C(F)(F)F. The number of carboxylic acids is 3. The fraction of sp³-hybridized carbons (Fsp3) is 0.250. The topological polar surface area (TPSA) is 150 Å². The predicted molar refractivity (Wildman–Crippen MR) is 107 cm³/mol. The minimum absolute atomic E-state index is 0.263. The van der Waals surface area contributed by atoms with Crippen LogP contribution in [0, 0.1) is 0 Å². The largest absolute Gasteiger partial charge is 0.490 e. The van der Waals surface area contributed by atoms with Crippen molar-refractivity contribution in [1.29, 1.82) is 0 Å². The first-order valence-electron chi connectivity index (χ1n) is 9.02.